The second-order valence-electron chi connectivity index (χ2n) is 3.63. The van der Waals surface area contributed by atoms with Gasteiger partial charge >= 0.3 is 0 Å². The molecule has 74 valence electrons. The van der Waals surface area contributed by atoms with Crippen molar-refractivity contribution in [2.45, 2.75) is 6.54 Å². The molecule has 0 saturated heterocycles. The zero-order chi connectivity index (χ0) is 10.3. The molecule has 0 spiro atoms. The molecule has 1 aromatic heterocycles. The van der Waals surface area contributed by atoms with Crippen molar-refractivity contribution in [1.29, 1.82) is 0 Å². The maximum atomic E-state index is 11.8. The van der Waals surface area contributed by atoms with Crippen LogP contribution in [0.25, 0.3) is 0 Å². The Morgan fingerprint density at radius 3 is 2.93 bits per heavy atom. The van der Waals surface area contributed by atoms with E-state index in [1.165, 1.54) is 0 Å². The molecule has 1 aromatic carbocycles. The third-order valence-corrected chi connectivity index (χ3v) is 2.67. The molecule has 0 aliphatic carbocycles. The molecule has 1 aliphatic rings. The SMILES string of the molecule is O=C1Nc2ccccc2Cn2cccc21. The first-order valence-electron chi connectivity index (χ1n) is 4.89. The normalized spacial score (nSPS) is 13.7. The standard InChI is InChI=1S/C12H10N2O/c15-12-11-6-3-7-14(11)8-9-4-1-2-5-10(9)13-12/h1-7H,8H2,(H,13,15). The fourth-order valence-electron chi connectivity index (χ4n) is 1.91. The van der Waals surface area contributed by atoms with Crippen LogP contribution >= 0.6 is 0 Å². The van der Waals surface area contributed by atoms with Crippen LogP contribution in [0.4, 0.5) is 5.69 Å². The average Bonchev–Trinajstić information content (AvgIpc) is 2.64. The summed E-state index contributed by atoms with van der Waals surface area (Å²) in [4.78, 5) is 11.8. The van der Waals surface area contributed by atoms with Crippen LogP contribution in [0.3, 0.4) is 0 Å². The predicted molar refractivity (Wildman–Crippen MR) is 57.9 cm³/mol. The fraction of sp³-hybridized carbons (Fsp3) is 0.0833. The summed E-state index contributed by atoms with van der Waals surface area (Å²) in [5, 5.41) is 2.90. The van der Waals surface area contributed by atoms with E-state index in [4.69, 9.17) is 0 Å². The predicted octanol–water partition coefficient (Wildman–Crippen LogP) is 2.10. The maximum absolute atomic E-state index is 11.8. The van der Waals surface area contributed by atoms with Crippen molar-refractivity contribution in [3.8, 4) is 0 Å². The molecule has 0 atom stereocenters. The van der Waals surface area contributed by atoms with Crippen LogP contribution in [0.1, 0.15) is 16.1 Å². The first-order chi connectivity index (χ1) is 7.34. The van der Waals surface area contributed by atoms with Crippen molar-refractivity contribution in [3.63, 3.8) is 0 Å². The summed E-state index contributed by atoms with van der Waals surface area (Å²) in [5.74, 6) is -0.0371. The van der Waals surface area contributed by atoms with E-state index in [0.29, 0.717) is 5.69 Å². The quantitative estimate of drug-likeness (QED) is 0.691. The van der Waals surface area contributed by atoms with Gasteiger partial charge in [0.2, 0.25) is 0 Å². The molecular formula is C12H10N2O. The molecular weight excluding hydrogens is 188 g/mol. The zero-order valence-electron chi connectivity index (χ0n) is 8.10. The fourth-order valence-corrected chi connectivity index (χ4v) is 1.91. The third kappa shape index (κ3) is 1.24. The van der Waals surface area contributed by atoms with Crippen molar-refractivity contribution < 1.29 is 4.79 Å². The van der Waals surface area contributed by atoms with E-state index in [1.807, 2.05) is 47.2 Å². The highest BCUT2D eigenvalue weighted by Crippen LogP contribution is 2.21. The number of rotatable bonds is 0. The van der Waals surface area contributed by atoms with Crippen molar-refractivity contribution in [2.24, 2.45) is 0 Å². The number of hydrogen-bond donors (Lipinski definition) is 1. The number of carbonyl (C=O) groups excluding carboxylic acids is 1. The van der Waals surface area contributed by atoms with Gasteiger partial charge in [-0.1, -0.05) is 18.2 Å². The average molecular weight is 198 g/mol. The van der Waals surface area contributed by atoms with Gasteiger partial charge in [0, 0.05) is 18.4 Å². The summed E-state index contributed by atoms with van der Waals surface area (Å²) < 4.78 is 1.96. The summed E-state index contributed by atoms with van der Waals surface area (Å²) >= 11 is 0. The van der Waals surface area contributed by atoms with Crippen LogP contribution in [0.5, 0.6) is 0 Å². The topological polar surface area (TPSA) is 34.0 Å². The molecule has 1 N–H and O–H groups in total. The van der Waals surface area contributed by atoms with E-state index in [-0.39, 0.29) is 5.91 Å². The van der Waals surface area contributed by atoms with Crippen LogP contribution < -0.4 is 5.32 Å². The Kier molecular flexibility index (Phi) is 1.65. The number of hydrogen-bond acceptors (Lipinski definition) is 1. The highest BCUT2D eigenvalue weighted by Gasteiger charge is 2.17. The molecule has 2 aromatic rings. The number of nitrogens with zero attached hydrogens (tertiary/aromatic N) is 1. The Morgan fingerprint density at radius 1 is 1.13 bits per heavy atom. The first kappa shape index (κ1) is 8.29. The molecule has 0 saturated carbocycles. The van der Waals surface area contributed by atoms with E-state index in [2.05, 4.69) is 5.32 Å². The number of para-hydroxylation sites is 1. The largest absolute Gasteiger partial charge is 0.339 e. The van der Waals surface area contributed by atoms with E-state index in [0.717, 1.165) is 17.8 Å². The lowest BCUT2D eigenvalue weighted by Gasteiger charge is -2.04. The van der Waals surface area contributed by atoms with Gasteiger partial charge in [0.15, 0.2) is 0 Å². The van der Waals surface area contributed by atoms with Crippen LogP contribution in [-0.2, 0) is 6.54 Å². The minimum absolute atomic E-state index is 0.0371. The van der Waals surface area contributed by atoms with Gasteiger partial charge in [-0.25, -0.2) is 0 Å². The van der Waals surface area contributed by atoms with E-state index >= 15 is 0 Å². The lowest BCUT2D eigenvalue weighted by molar-refractivity contribution is 0.102. The number of aromatic nitrogens is 1. The number of benzene rings is 1. The summed E-state index contributed by atoms with van der Waals surface area (Å²) in [6.07, 6.45) is 1.93. The van der Waals surface area contributed by atoms with E-state index < -0.39 is 0 Å². The van der Waals surface area contributed by atoms with Crippen LogP contribution in [-0.4, -0.2) is 10.5 Å². The Bertz CT molecular complexity index is 528. The maximum Gasteiger partial charge on any atom is 0.272 e. The number of amides is 1. The van der Waals surface area contributed by atoms with Gasteiger partial charge in [0.25, 0.3) is 5.91 Å². The Balaban J connectivity index is 2.18. The summed E-state index contributed by atoms with van der Waals surface area (Å²) in [5.41, 5.74) is 2.76. The molecule has 1 aliphatic heterocycles. The molecule has 0 unspecified atom stereocenters. The third-order valence-electron chi connectivity index (χ3n) is 2.67. The molecule has 0 bridgehead atoms. The Labute approximate surface area is 87.3 Å². The highest BCUT2D eigenvalue weighted by molar-refractivity contribution is 6.04. The number of anilines is 1. The van der Waals surface area contributed by atoms with Crippen LogP contribution in [0, 0.1) is 0 Å². The second kappa shape index (κ2) is 2.98. The lowest BCUT2D eigenvalue weighted by Crippen LogP contribution is -2.12. The van der Waals surface area contributed by atoms with Crippen LogP contribution in [0.15, 0.2) is 42.6 Å². The molecule has 3 rings (SSSR count). The van der Waals surface area contributed by atoms with Crippen molar-refractivity contribution in [2.75, 3.05) is 5.32 Å². The molecule has 2 heterocycles. The van der Waals surface area contributed by atoms with Crippen LogP contribution in [0.2, 0.25) is 0 Å². The minimum atomic E-state index is -0.0371. The summed E-state index contributed by atoms with van der Waals surface area (Å²) in [6.45, 7) is 0.747. The monoisotopic (exact) mass is 198 g/mol. The summed E-state index contributed by atoms with van der Waals surface area (Å²) in [7, 11) is 0. The van der Waals surface area contributed by atoms with Gasteiger partial charge in [-0.15, -0.1) is 0 Å². The van der Waals surface area contributed by atoms with Crippen molar-refractivity contribution in [1.82, 2.24) is 4.57 Å². The van der Waals surface area contributed by atoms with Gasteiger partial charge in [-0.2, -0.15) is 0 Å². The molecule has 0 radical (unpaired) electrons. The molecule has 1 amide bonds. The summed E-state index contributed by atoms with van der Waals surface area (Å²) in [6, 6.07) is 11.6. The molecule has 15 heavy (non-hydrogen) atoms. The van der Waals surface area contributed by atoms with Crippen molar-refractivity contribution >= 4 is 11.6 Å². The van der Waals surface area contributed by atoms with E-state index in [1.54, 1.807) is 0 Å². The van der Waals surface area contributed by atoms with Gasteiger partial charge in [0.1, 0.15) is 5.69 Å². The number of nitrogens with one attached hydrogen (secondary N) is 1. The molecule has 3 nitrogen and oxygen atoms in total. The van der Waals surface area contributed by atoms with Gasteiger partial charge in [0.05, 0.1) is 0 Å². The zero-order valence-corrected chi connectivity index (χ0v) is 8.10. The lowest BCUT2D eigenvalue weighted by atomic mass is 10.2. The molecule has 0 fully saturated rings. The Morgan fingerprint density at radius 2 is 2.00 bits per heavy atom. The van der Waals surface area contributed by atoms with Gasteiger partial charge < -0.3 is 9.88 Å². The first-order valence-corrected chi connectivity index (χ1v) is 4.89. The van der Waals surface area contributed by atoms with Crippen molar-refractivity contribution in [3.05, 3.63) is 53.9 Å². The van der Waals surface area contributed by atoms with Gasteiger partial charge in [-0.05, 0) is 23.8 Å². The molecule has 3 heteroatoms. The van der Waals surface area contributed by atoms with Gasteiger partial charge in [-0.3, -0.25) is 4.79 Å². The highest BCUT2D eigenvalue weighted by atomic mass is 16.2. The number of carbonyl (C=O) groups is 1. The Hall–Kier alpha value is -2.03. The van der Waals surface area contributed by atoms with E-state index in [9.17, 15) is 4.79 Å². The number of fused-ring (bicyclic) bond motifs is 2. The second-order valence-corrected chi connectivity index (χ2v) is 3.63. The smallest absolute Gasteiger partial charge is 0.272 e. The minimum Gasteiger partial charge on any atom is -0.339 e.